The van der Waals surface area contributed by atoms with Crippen LogP contribution in [0.2, 0.25) is 5.02 Å². The van der Waals surface area contributed by atoms with Crippen LogP contribution in [0.3, 0.4) is 0 Å². The Balaban J connectivity index is 1.67. The predicted molar refractivity (Wildman–Crippen MR) is 138 cm³/mol. The lowest BCUT2D eigenvalue weighted by Gasteiger charge is -2.29. The zero-order valence-electron chi connectivity index (χ0n) is 20.5. The van der Waals surface area contributed by atoms with Crippen LogP contribution < -0.4 is 22.1 Å². The Labute approximate surface area is 220 Å². The largest absolute Gasteiger partial charge is 0.508 e. The van der Waals surface area contributed by atoms with E-state index in [1.165, 1.54) is 24.0 Å². The van der Waals surface area contributed by atoms with Gasteiger partial charge in [-0.05, 0) is 61.6 Å². The van der Waals surface area contributed by atoms with Crippen molar-refractivity contribution in [1.82, 2.24) is 15.5 Å². The molecule has 1 aliphatic heterocycles. The van der Waals surface area contributed by atoms with E-state index in [0.717, 1.165) is 11.1 Å². The van der Waals surface area contributed by atoms with Gasteiger partial charge in [0.15, 0.2) is 0 Å². The first-order valence-corrected chi connectivity index (χ1v) is 12.4. The molecule has 0 radical (unpaired) electrons. The van der Waals surface area contributed by atoms with Gasteiger partial charge in [-0.25, -0.2) is 0 Å². The van der Waals surface area contributed by atoms with E-state index in [1.807, 2.05) is 0 Å². The van der Waals surface area contributed by atoms with Crippen molar-refractivity contribution in [3.05, 3.63) is 64.7 Å². The normalized spacial score (nSPS) is 17.5. The van der Waals surface area contributed by atoms with E-state index in [1.54, 1.807) is 36.4 Å². The zero-order chi connectivity index (χ0) is 27.1. The van der Waals surface area contributed by atoms with E-state index in [0.29, 0.717) is 24.4 Å². The maximum absolute atomic E-state index is 13.4. The number of aromatic hydroxyl groups is 1. The molecule has 1 saturated heterocycles. The molecule has 7 N–H and O–H groups in total. The number of carbonyl (C=O) groups is 4. The molecule has 3 rings (SSSR count). The lowest BCUT2D eigenvalue weighted by atomic mass is 10.0. The molecule has 0 aliphatic carbocycles. The lowest BCUT2D eigenvalue weighted by Crippen LogP contribution is -2.57. The maximum Gasteiger partial charge on any atom is 0.246 e. The monoisotopic (exact) mass is 529 g/mol. The van der Waals surface area contributed by atoms with Crippen LogP contribution >= 0.6 is 11.6 Å². The standard InChI is InChI=1S/C26H32ClN5O5/c1-15(30-25(36)20(28)13-16-6-10-19(33)11-7-16)24(35)31-21(14-17-4-8-18(27)9-5-17)26(37)32-12-2-3-22(32)23(29)34/h4-11,15,20-22,33H,2-3,12-14,28H2,1H3,(H2,29,34)(H,30,36)(H,31,35)/t15-,20+,21+,22+/m1/s1. The summed E-state index contributed by atoms with van der Waals surface area (Å²) in [5.41, 5.74) is 13.0. The van der Waals surface area contributed by atoms with Crippen LogP contribution in [-0.4, -0.2) is 64.3 Å². The smallest absolute Gasteiger partial charge is 0.246 e. The van der Waals surface area contributed by atoms with Gasteiger partial charge in [0.25, 0.3) is 0 Å². The highest BCUT2D eigenvalue weighted by atomic mass is 35.5. The molecule has 0 bridgehead atoms. The number of benzene rings is 2. The summed E-state index contributed by atoms with van der Waals surface area (Å²) in [6.07, 6.45) is 1.47. The highest BCUT2D eigenvalue weighted by Crippen LogP contribution is 2.20. The zero-order valence-corrected chi connectivity index (χ0v) is 21.3. The Morgan fingerprint density at radius 3 is 2.22 bits per heavy atom. The number of phenolic OH excluding ortho intramolecular Hbond substituents is 1. The van der Waals surface area contributed by atoms with Crippen molar-refractivity contribution in [3.63, 3.8) is 0 Å². The predicted octanol–water partition coefficient (Wildman–Crippen LogP) is 0.624. The van der Waals surface area contributed by atoms with Crippen LogP contribution in [0.25, 0.3) is 0 Å². The van der Waals surface area contributed by atoms with Crippen LogP contribution in [0.5, 0.6) is 5.75 Å². The van der Waals surface area contributed by atoms with Gasteiger partial charge in [0.1, 0.15) is 23.9 Å². The van der Waals surface area contributed by atoms with Crippen molar-refractivity contribution in [2.24, 2.45) is 11.5 Å². The molecular formula is C26H32ClN5O5. The number of nitrogens with two attached hydrogens (primary N) is 2. The molecule has 2 aromatic carbocycles. The van der Waals surface area contributed by atoms with Crippen molar-refractivity contribution in [2.75, 3.05) is 6.54 Å². The molecule has 10 nitrogen and oxygen atoms in total. The number of primary amides is 1. The fraction of sp³-hybridized carbons (Fsp3) is 0.385. The highest BCUT2D eigenvalue weighted by molar-refractivity contribution is 6.30. The minimum Gasteiger partial charge on any atom is -0.508 e. The second-order valence-corrected chi connectivity index (χ2v) is 9.63. The van der Waals surface area contributed by atoms with E-state index in [2.05, 4.69) is 10.6 Å². The third-order valence-electron chi connectivity index (χ3n) is 6.31. The number of hydrogen-bond donors (Lipinski definition) is 5. The molecule has 198 valence electrons. The van der Waals surface area contributed by atoms with Gasteiger partial charge in [0.2, 0.25) is 23.6 Å². The van der Waals surface area contributed by atoms with Gasteiger partial charge in [-0.1, -0.05) is 35.9 Å². The average Bonchev–Trinajstić information content (AvgIpc) is 3.36. The quantitative estimate of drug-likeness (QED) is 0.302. The molecule has 0 spiro atoms. The van der Waals surface area contributed by atoms with Crippen molar-refractivity contribution in [1.29, 1.82) is 0 Å². The molecule has 0 saturated carbocycles. The van der Waals surface area contributed by atoms with Crippen molar-refractivity contribution in [3.8, 4) is 5.75 Å². The van der Waals surface area contributed by atoms with Crippen LogP contribution in [-0.2, 0) is 32.0 Å². The number of halogens is 1. The van der Waals surface area contributed by atoms with Gasteiger partial charge < -0.3 is 32.1 Å². The van der Waals surface area contributed by atoms with Gasteiger partial charge in [-0.3, -0.25) is 19.2 Å². The maximum atomic E-state index is 13.4. The summed E-state index contributed by atoms with van der Waals surface area (Å²) in [5.74, 6) is -2.03. The molecule has 1 fully saturated rings. The lowest BCUT2D eigenvalue weighted by molar-refractivity contribution is -0.141. The molecule has 1 heterocycles. The summed E-state index contributed by atoms with van der Waals surface area (Å²) in [6, 6.07) is 9.54. The average molecular weight is 530 g/mol. The van der Waals surface area contributed by atoms with Gasteiger partial charge in [-0.2, -0.15) is 0 Å². The molecule has 11 heteroatoms. The number of nitrogens with zero attached hydrogens (tertiary/aromatic N) is 1. The molecule has 37 heavy (non-hydrogen) atoms. The Hall–Kier alpha value is -3.63. The number of carbonyl (C=O) groups excluding carboxylic acids is 4. The third-order valence-corrected chi connectivity index (χ3v) is 6.56. The SMILES string of the molecule is C[C@@H](NC(=O)[C@@H](N)Cc1ccc(O)cc1)C(=O)N[C@@H](Cc1ccc(Cl)cc1)C(=O)N1CCC[C@H]1C(N)=O. The highest BCUT2D eigenvalue weighted by Gasteiger charge is 2.37. The molecular weight excluding hydrogens is 498 g/mol. The molecule has 4 atom stereocenters. The number of nitrogens with one attached hydrogen (secondary N) is 2. The first-order chi connectivity index (χ1) is 17.5. The van der Waals surface area contributed by atoms with Crippen molar-refractivity contribution in [2.45, 2.75) is 56.8 Å². The van der Waals surface area contributed by atoms with Crippen LogP contribution in [0.4, 0.5) is 0 Å². The summed E-state index contributed by atoms with van der Waals surface area (Å²) in [7, 11) is 0. The van der Waals surface area contributed by atoms with Crippen molar-refractivity contribution >= 4 is 35.2 Å². The van der Waals surface area contributed by atoms with Crippen LogP contribution in [0.1, 0.15) is 30.9 Å². The van der Waals surface area contributed by atoms with Crippen LogP contribution in [0.15, 0.2) is 48.5 Å². The van der Waals surface area contributed by atoms with Crippen LogP contribution in [0, 0.1) is 0 Å². The van der Waals surface area contributed by atoms with E-state index in [-0.39, 0.29) is 18.6 Å². The summed E-state index contributed by atoms with van der Waals surface area (Å²) >= 11 is 5.97. The van der Waals surface area contributed by atoms with Gasteiger partial charge in [0, 0.05) is 18.0 Å². The van der Waals surface area contributed by atoms with E-state index in [9.17, 15) is 24.3 Å². The first-order valence-electron chi connectivity index (χ1n) is 12.0. The Bertz CT molecular complexity index is 1130. The van der Waals surface area contributed by atoms with Crippen molar-refractivity contribution < 1.29 is 24.3 Å². The van der Waals surface area contributed by atoms with E-state index in [4.69, 9.17) is 23.1 Å². The molecule has 1 aliphatic rings. The second-order valence-electron chi connectivity index (χ2n) is 9.19. The molecule has 4 amide bonds. The summed E-state index contributed by atoms with van der Waals surface area (Å²) in [4.78, 5) is 52.3. The number of likely N-dealkylation sites (tertiary alicyclic amines) is 1. The van der Waals surface area contributed by atoms with Gasteiger partial charge in [-0.15, -0.1) is 0 Å². The minimum atomic E-state index is -0.987. The summed E-state index contributed by atoms with van der Waals surface area (Å²) < 4.78 is 0. The summed E-state index contributed by atoms with van der Waals surface area (Å²) in [5, 5.41) is 15.2. The number of rotatable bonds is 10. The van der Waals surface area contributed by atoms with Gasteiger partial charge >= 0.3 is 0 Å². The number of phenols is 1. The molecule has 0 unspecified atom stereocenters. The Kier molecular flexibility index (Phi) is 9.48. The number of hydrogen-bond acceptors (Lipinski definition) is 6. The number of amides is 4. The van der Waals surface area contributed by atoms with Gasteiger partial charge in [0.05, 0.1) is 6.04 Å². The summed E-state index contributed by atoms with van der Waals surface area (Å²) in [6.45, 7) is 1.85. The molecule has 2 aromatic rings. The van der Waals surface area contributed by atoms with E-state index < -0.39 is 47.8 Å². The van der Waals surface area contributed by atoms with E-state index >= 15 is 0 Å². The fourth-order valence-corrected chi connectivity index (χ4v) is 4.37. The third kappa shape index (κ3) is 7.68. The second kappa shape index (κ2) is 12.6. The minimum absolute atomic E-state index is 0.103. The Morgan fingerprint density at radius 1 is 1.00 bits per heavy atom. The topological polar surface area (TPSA) is 168 Å². The fourth-order valence-electron chi connectivity index (χ4n) is 4.24. The molecule has 0 aromatic heterocycles. The Morgan fingerprint density at radius 2 is 1.59 bits per heavy atom. The first kappa shape index (κ1) is 27.9.